The van der Waals surface area contributed by atoms with Gasteiger partial charge in [-0.2, -0.15) is 0 Å². The molecule has 0 aliphatic heterocycles. The summed E-state index contributed by atoms with van der Waals surface area (Å²) < 4.78 is 0. The van der Waals surface area contributed by atoms with Crippen LogP contribution in [0.15, 0.2) is 22.8 Å². The van der Waals surface area contributed by atoms with E-state index in [0.717, 1.165) is 37.7 Å². The molecule has 0 aromatic heterocycles. The van der Waals surface area contributed by atoms with E-state index in [2.05, 4.69) is 6.92 Å². The highest BCUT2D eigenvalue weighted by Crippen LogP contribution is 2.67. The molecule has 0 aromatic carbocycles. The van der Waals surface area contributed by atoms with E-state index in [-0.39, 0.29) is 17.0 Å². The molecule has 0 amide bonds. The Hall–Kier alpha value is -1.26. The Kier molecular flexibility index (Phi) is 4.09. The highest BCUT2D eigenvalue weighted by molar-refractivity contribution is 5.93. The monoisotopic (exact) mass is 358 g/mol. The summed E-state index contributed by atoms with van der Waals surface area (Å²) in [6.45, 7) is 5.86. The number of carbonyl (C=O) groups is 2. The Labute approximate surface area is 155 Å². The lowest BCUT2D eigenvalue weighted by atomic mass is 9.51. The molecule has 0 saturated heterocycles. The summed E-state index contributed by atoms with van der Waals surface area (Å²) in [5, 5.41) is 20.7. The fourth-order valence-corrected chi connectivity index (χ4v) is 6.67. The number of hydrogen-bond donors (Lipinski definition) is 2. The molecule has 142 valence electrons. The molecule has 0 bridgehead atoms. The third kappa shape index (κ3) is 2.27. The second-order valence-electron chi connectivity index (χ2n) is 9.36. The number of aliphatic hydroxyl groups excluding tert-OH is 2. The van der Waals surface area contributed by atoms with E-state index in [9.17, 15) is 19.8 Å². The van der Waals surface area contributed by atoms with Crippen LogP contribution in [0.1, 0.15) is 65.7 Å². The first-order valence-electron chi connectivity index (χ1n) is 10.1. The van der Waals surface area contributed by atoms with Crippen molar-refractivity contribution in [3.05, 3.63) is 22.8 Å². The number of aliphatic hydroxyl groups is 2. The van der Waals surface area contributed by atoms with E-state index in [4.69, 9.17) is 0 Å². The molecule has 26 heavy (non-hydrogen) atoms. The van der Waals surface area contributed by atoms with Crippen molar-refractivity contribution in [1.29, 1.82) is 0 Å². The van der Waals surface area contributed by atoms with Crippen LogP contribution in [-0.2, 0) is 9.59 Å². The summed E-state index contributed by atoms with van der Waals surface area (Å²) in [6.07, 6.45) is 5.80. The average molecular weight is 358 g/mol. The van der Waals surface area contributed by atoms with E-state index >= 15 is 0 Å². The second-order valence-corrected chi connectivity index (χ2v) is 9.36. The zero-order valence-corrected chi connectivity index (χ0v) is 16.0. The van der Waals surface area contributed by atoms with Gasteiger partial charge in [-0.1, -0.05) is 19.4 Å². The predicted molar refractivity (Wildman–Crippen MR) is 98.3 cm³/mol. The van der Waals surface area contributed by atoms with Crippen molar-refractivity contribution in [2.45, 2.75) is 77.9 Å². The molecule has 4 nitrogen and oxygen atoms in total. The SMILES string of the molecule is CC(O)C(=O)[C@]1(C)CC[C@H]2[C@@H]3C[C@@H](O)C4=CC(=O)CCC4=C3CC[C@@]21C. The molecule has 4 aliphatic carbocycles. The molecule has 0 aromatic rings. The zero-order valence-electron chi connectivity index (χ0n) is 16.0. The van der Waals surface area contributed by atoms with E-state index in [1.54, 1.807) is 13.0 Å². The van der Waals surface area contributed by atoms with Gasteiger partial charge in [0.05, 0.1) is 6.10 Å². The number of carbonyl (C=O) groups excluding carboxylic acids is 2. The Morgan fingerprint density at radius 3 is 2.65 bits per heavy atom. The predicted octanol–water partition coefficient (Wildman–Crippen LogP) is 3.12. The molecule has 2 saturated carbocycles. The minimum atomic E-state index is -0.925. The van der Waals surface area contributed by atoms with Gasteiger partial charge < -0.3 is 10.2 Å². The molecular weight excluding hydrogens is 328 g/mol. The molecule has 0 spiro atoms. The number of fused-ring (bicyclic) bond motifs is 4. The number of allylic oxidation sites excluding steroid dienone is 2. The zero-order chi connectivity index (χ0) is 18.9. The highest BCUT2D eigenvalue weighted by atomic mass is 16.3. The van der Waals surface area contributed by atoms with Gasteiger partial charge in [-0.3, -0.25) is 9.59 Å². The first-order valence-corrected chi connectivity index (χ1v) is 10.1. The molecule has 4 aliphatic rings. The average Bonchev–Trinajstić information content (AvgIpc) is 2.87. The first kappa shape index (κ1) is 18.1. The topological polar surface area (TPSA) is 74.6 Å². The van der Waals surface area contributed by atoms with Gasteiger partial charge in [-0.25, -0.2) is 0 Å². The standard InChI is InChI=1S/C22H30O4/c1-12(23)20(26)22(3)9-7-18-16-11-19(25)17-10-13(24)4-5-14(17)15(16)6-8-21(18,22)2/h10,12,16,18-19,23,25H,4-9,11H2,1-3H3/t12?,16-,18+,19-,21+,22+/m1/s1. The van der Waals surface area contributed by atoms with Gasteiger partial charge in [0.1, 0.15) is 6.10 Å². The van der Waals surface area contributed by atoms with Gasteiger partial charge in [-0.05, 0) is 79.9 Å². The van der Waals surface area contributed by atoms with Crippen LogP contribution >= 0.6 is 0 Å². The number of rotatable bonds is 2. The smallest absolute Gasteiger partial charge is 0.167 e. The van der Waals surface area contributed by atoms with Gasteiger partial charge >= 0.3 is 0 Å². The van der Waals surface area contributed by atoms with Crippen LogP contribution in [0, 0.1) is 22.7 Å². The number of hydrogen-bond acceptors (Lipinski definition) is 4. The number of ketones is 2. The minimum Gasteiger partial charge on any atom is -0.388 e. The Morgan fingerprint density at radius 1 is 1.23 bits per heavy atom. The van der Waals surface area contributed by atoms with Crippen LogP contribution in [0.4, 0.5) is 0 Å². The van der Waals surface area contributed by atoms with Gasteiger partial charge in [0.25, 0.3) is 0 Å². The summed E-state index contributed by atoms with van der Waals surface area (Å²) in [4.78, 5) is 24.7. The minimum absolute atomic E-state index is 0.0289. The fourth-order valence-electron chi connectivity index (χ4n) is 6.67. The summed E-state index contributed by atoms with van der Waals surface area (Å²) in [7, 11) is 0. The van der Waals surface area contributed by atoms with Crippen molar-refractivity contribution in [1.82, 2.24) is 0 Å². The third-order valence-corrected chi connectivity index (χ3v) is 8.31. The molecule has 0 radical (unpaired) electrons. The lowest BCUT2D eigenvalue weighted by molar-refractivity contribution is -0.144. The molecule has 2 N–H and O–H groups in total. The van der Waals surface area contributed by atoms with Crippen molar-refractivity contribution >= 4 is 11.6 Å². The van der Waals surface area contributed by atoms with Crippen LogP contribution in [0.2, 0.25) is 0 Å². The summed E-state index contributed by atoms with van der Waals surface area (Å²) >= 11 is 0. The molecule has 4 heteroatoms. The molecular formula is C22H30O4. The van der Waals surface area contributed by atoms with Crippen LogP contribution in [-0.4, -0.2) is 34.0 Å². The van der Waals surface area contributed by atoms with Crippen molar-refractivity contribution in [2.24, 2.45) is 22.7 Å². The lowest BCUT2D eigenvalue weighted by Gasteiger charge is -2.53. The van der Waals surface area contributed by atoms with Crippen molar-refractivity contribution in [3.8, 4) is 0 Å². The maximum Gasteiger partial charge on any atom is 0.167 e. The summed E-state index contributed by atoms with van der Waals surface area (Å²) in [5.41, 5.74) is 2.89. The lowest BCUT2D eigenvalue weighted by Crippen LogP contribution is -2.50. The third-order valence-electron chi connectivity index (χ3n) is 8.31. The fraction of sp³-hybridized carbons (Fsp3) is 0.727. The van der Waals surface area contributed by atoms with Crippen molar-refractivity contribution in [3.63, 3.8) is 0 Å². The molecule has 2 fully saturated rings. The Morgan fingerprint density at radius 2 is 1.96 bits per heavy atom. The first-order chi connectivity index (χ1) is 12.2. The highest BCUT2D eigenvalue weighted by Gasteiger charge is 2.62. The van der Waals surface area contributed by atoms with E-state index in [0.29, 0.717) is 24.7 Å². The van der Waals surface area contributed by atoms with E-state index in [1.807, 2.05) is 6.92 Å². The van der Waals surface area contributed by atoms with Gasteiger partial charge in [0.2, 0.25) is 0 Å². The van der Waals surface area contributed by atoms with Crippen LogP contribution in [0.5, 0.6) is 0 Å². The van der Waals surface area contributed by atoms with Crippen molar-refractivity contribution < 1.29 is 19.8 Å². The number of Topliss-reactive ketones (excluding diaryl/α,β-unsaturated/α-hetero) is 1. The van der Waals surface area contributed by atoms with Gasteiger partial charge in [0.15, 0.2) is 11.6 Å². The molecule has 0 heterocycles. The van der Waals surface area contributed by atoms with Crippen LogP contribution in [0.25, 0.3) is 0 Å². The maximum atomic E-state index is 12.9. The quantitative estimate of drug-likeness (QED) is 0.795. The van der Waals surface area contributed by atoms with E-state index < -0.39 is 17.6 Å². The van der Waals surface area contributed by atoms with Gasteiger partial charge in [0, 0.05) is 11.8 Å². The largest absolute Gasteiger partial charge is 0.388 e. The summed E-state index contributed by atoms with van der Waals surface area (Å²) in [6, 6.07) is 0. The van der Waals surface area contributed by atoms with Gasteiger partial charge in [-0.15, -0.1) is 0 Å². The normalized spacial score (nSPS) is 43.3. The Bertz CT molecular complexity index is 730. The molecule has 6 atom stereocenters. The molecule has 1 unspecified atom stereocenters. The second kappa shape index (κ2) is 5.87. The van der Waals surface area contributed by atoms with E-state index in [1.165, 1.54) is 11.1 Å². The summed E-state index contributed by atoms with van der Waals surface area (Å²) in [5.74, 6) is 0.755. The van der Waals surface area contributed by atoms with Crippen LogP contribution in [0.3, 0.4) is 0 Å². The maximum absolute atomic E-state index is 12.9. The van der Waals surface area contributed by atoms with Crippen LogP contribution < -0.4 is 0 Å². The Balaban J connectivity index is 1.75. The molecule has 4 rings (SSSR count). The van der Waals surface area contributed by atoms with Crippen molar-refractivity contribution in [2.75, 3.05) is 0 Å².